The van der Waals surface area contributed by atoms with Crippen molar-refractivity contribution >= 4 is 26.8 Å². The highest BCUT2D eigenvalue weighted by Crippen LogP contribution is 2.38. The number of ether oxygens (including phenoxy) is 1. The third-order valence-corrected chi connectivity index (χ3v) is 6.45. The van der Waals surface area contributed by atoms with Crippen molar-refractivity contribution < 1.29 is 22.1 Å². The molecule has 11 heteroatoms. The molecule has 0 unspecified atom stereocenters. The standard InChI is InChI=1S/C21H20N4O6S/c1-2-29-17-6-4-3-5-15(17)24-32(27,28)14-9-10-16-18(11-14)30-21(26)25(16)12-19-22-20(31-23-19)13-7-8-13/h3-6,9-11,13,24H,2,7-8,12H2,1H3. The quantitative estimate of drug-likeness (QED) is 0.428. The average molecular weight is 456 g/mol. The van der Waals surface area contributed by atoms with Gasteiger partial charge in [-0.3, -0.25) is 9.29 Å². The van der Waals surface area contributed by atoms with Gasteiger partial charge in [0.2, 0.25) is 5.89 Å². The number of para-hydroxylation sites is 2. The average Bonchev–Trinajstić information content (AvgIpc) is 3.43. The van der Waals surface area contributed by atoms with Crippen LogP contribution in [0.4, 0.5) is 5.69 Å². The van der Waals surface area contributed by atoms with Gasteiger partial charge in [-0.1, -0.05) is 17.3 Å². The molecule has 2 heterocycles. The number of aromatic nitrogens is 3. The third kappa shape index (κ3) is 3.86. The number of anilines is 1. The Hall–Kier alpha value is -3.60. The van der Waals surface area contributed by atoms with Crippen LogP contribution < -0.4 is 15.2 Å². The molecule has 1 aliphatic carbocycles. The molecule has 5 rings (SSSR count). The molecule has 2 aromatic heterocycles. The Labute approximate surface area is 182 Å². The molecule has 0 radical (unpaired) electrons. The Balaban J connectivity index is 1.44. The summed E-state index contributed by atoms with van der Waals surface area (Å²) in [6.07, 6.45) is 2.05. The van der Waals surface area contributed by atoms with E-state index >= 15 is 0 Å². The van der Waals surface area contributed by atoms with E-state index < -0.39 is 15.8 Å². The van der Waals surface area contributed by atoms with Gasteiger partial charge in [-0.15, -0.1) is 0 Å². The summed E-state index contributed by atoms with van der Waals surface area (Å²) in [7, 11) is -3.95. The number of sulfonamides is 1. The summed E-state index contributed by atoms with van der Waals surface area (Å²) in [5.41, 5.74) is 0.889. The Morgan fingerprint density at radius 3 is 2.81 bits per heavy atom. The molecule has 166 valence electrons. The first-order valence-electron chi connectivity index (χ1n) is 10.1. The van der Waals surface area contributed by atoms with Crippen LogP contribution in [-0.2, 0) is 16.6 Å². The van der Waals surface area contributed by atoms with Crippen LogP contribution in [0.2, 0.25) is 0 Å². The van der Waals surface area contributed by atoms with E-state index in [1.165, 1.54) is 22.8 Å². The zero-order chi connectivity index (χ0) is 22.3. The molecule has 32 heavy (non-hydrogen) atoms. The molecular weight excluding hydrogens is 436 g/mol. The molecule has 0 spiro atoms. The van der Waals surface area contributed by atoms with E-state index in [-0.39, 0.29) is 17.0 Å². The van der Waals surface area contributed by atoms with Gasteiger partial charge in [0.1, 0.15) is 5.75 Å². The second-order valence-corrected chi connectivity index (χ2v) is 9.12. The van der Waals surface area contributed by atoms with Crippen LogP contribution in [0.25, 0.3) is 11.1 Å². The smallest absolute Gasteiger partial charge is 0.420 e. The normalized spacial score (nSPS) is 14.0. The number of fused-ring (bicyclic) bond motifs is 1. The van der Waals surface area contributed by atoms with Gasteiger partial charge in [-0.05, 0) is 44.0 Å². The van der Waals surface area contributed by atoms with Crippen molar-refractivity contribution in [2.24, 2.45) is 0 Å². The number of benzene rings is 2. The topological polar surface area (TPSA) is 129 Å². The van der Waals surface area contributed by atoms with E-state index in [0.717, 1.165) is 12.8 Å². The van der Waals surface area contributed by atoms with E-state index in [9.17, 15) is 13.2 Å². The highest BCUT2D eigenvalue weighted by molar-refractivity contribution is 7.92. The molecule has 0 bridgehead atoms. The molecule has 10 nitrogen and oxygen atoms in total. The van der Waals surface area contributed by atoms with E-state index in [1.54, 1.807) is 24.3 Å². The second-order valence-electron chi connectivity index (χ2n) is 7.44. The van der Waals surface area contributed by atoms with Gasteiger partial charge in [0, 0.05) is 12.0 Å². The van der Waals surface area contributed by atoms with E-state index in [1.807, 2.05) is 6.92 Å². The summed E-state index contributed by atoms with van der Waals surface area (Å²) < 4.78 is 45.7. The highest BCUT2D eigenvalue weighted by atomic mass is 32.2. The number of nitrogens with zero attached hydrogens (tertiary/aromatic N) is 3. The Morgan fingerprint density at radius 1 is 1.22 bits per heavy atom. The molecule has 1 fully saturated rings. The van der Waals surface area contributed by atoms with E-state index in [4.69, 9.17) is 13.7 Å². The van der Waals surface area contributed by atoms with Crippen molar-refractivity contribution in [3.63, 3.8) is 0 Å². The molecule has 0 saturated heterocycles. The lowest BCUT2D eigenvalue weighted by Gasteiger charge is -2.12. The predicted molar refractivity (Wildman–Crippen MR) is 114 cm³/mol. The minimum absolute atomic E-state index is 0.0483. The maximum Gasteiger partial charge on any atom is 0.420 e. The summed E-state index contributed by atoms with van der Waals surface area (Å²) in [6.45, 7) is 2.27. The molecule has 2 aromatic carbocycles. The van der Waals surface area contributed by atoms with Gasteiger partial charge in [0.15, 0.2) is 11.4 Å². The monoisotopic (exact) mass is 456 g/mol. The zero-order valence-electron chi connectivity index (χ0n) is 17.1. The molecule has 1 N–H and O–H groups in total. The largest absolute Gasteiger partial charge is 0.492 e. The molecule has 0 aliphatic heterocycles. The van der Waals surface area contributed by atoms with Gasteiger partial charge in [0.05, 0.1) is 29.3 Å². The first-order valence-corrected chi connectivity index (χ1v) is 11.6. The maximum atomic E-state index is 12.9. The lowest BCUT2D eigenvalue weighted by Crippen LogP contribution is -2.16. The number of hydrogen-bond acceptors (Lipinski definition) is 8. The van der Waals surface area contributed by atoms with Crippen LogP contribution in [0.5, 0.6) is 5.75 Å². The van der Waals surface area contributed by atoms with Crippen molar-refractivity contribution in [1.29, 1.82) is 0 Å². The summed E-state index contributed by atoms with van der Waals surface area (Å²) in [5.74, 6) is 1.03. The third-order valence-electron chi connectivity index (χ3n) is 5.09. The lowest BCUT2D eigenvalue weighted by atomic mass is 10.3. The first kappa shape index (κ1) is 20.3. The van der Waals surface area contributed by atoms with Crippen molar-refractivity contribution in [3.8, 4) is 5.75 Å². The fourth-order valence-corrected chi connectivity index (χ4v) is 4.45. The fourth-order valence-electron chi connectivity index (χ4n) is 3.37. The highest BCUT2D eigenvalue weighted by Gasteiger charge is 2.30. The van der Waals surface area contributed by atoms with Gasteiger partial charge >= 0.3 is 5.76 Å². The van der Waals surface area contributed by atoms with Crippen LogP contribution in [0.1, 0.15) is 37.4 Å². The minimum atomic E-state index is -3.95. The Bertz CT molecular complexity index is 1450. The minimum Gasteiger partial charge on any atom is -0.492 e. The second kappa shape index (κ2) is 7.83. The number of oxazole rings is 1. The van der Waals surface area contributed by atoms with Crippen molar-refractivity contribution in [2.45, 2.75) is 37.1 Å². The van der Waals surface area contributed by atoms with Crippen LogP contribution in [0, 0.1) is 0 Å². The van der Waals surface area contributed by atoms with Crippen molar-refractivity contribution in [2.75, 3.05) is 11.3 Å². The van der Waals surface area contributed by atoms with Crippen molar-refractivity contribution in [3.05, 3.63) is 64.7 Å². The van der Waals surface area contributed by atoms with Gasteiger partial charge in [-0.25, -0.2) is 13.2 Å². The van der Waals surface area contributed by atoms with E-state index in [0.29, 0.717) is 41.2 Å². The summed E-state index contributed by atoms with van der Waals surface area (Å²) in [6, 6.07) is 11.0. The SMILES string of the molecule is CCOc1ccccc1NS(=O)(=O)c1ccc2c(c1)oc(=O)n2Cc1noc(C2CC2)n1. The lowest BCUT2D eigenvalue weighted by molar-refractivity contribution is 0.342. The van der Waals surface area contributed by atoms with Gasteiger partial charge in [-0.2, -0.15) is 4.98 Å². The Kier molecular flexibility index (Phi) is 4.97. The number of hydrogen-bond donors (Lipinski definition) is 1. The van der Waals surface area contributed by atoms with Crippen LogP contribution in [0.3, 0.4) is 0 Å². The Morgan fingerprint density at radius 2 is 2.03 bits per heavy atom. The molecule has 1 aliphatic rings. The number of rotatable bonds is 8. The molecule has 0 atom stereocenters. The maximum absolute atomic E-state index is 12.9. The van der Waals surface area contributed by atoms with Crippen LogP contribution in [-0.4, -0.2) is 29.7 Å². The summed E-state index contributed by atoms with van der Waals surface area (Å²) >= 11 is 0. The van der Waals surface area contributed by atoms with Crippen LogP contribution in [0.15, 0.2) is 61.1 Å². The first-order chi connectivity index (χ1) is 15.4. The number of nitrogens with one attached hydrogen (secondary N) is 1. The van der Waals surface area contributed by atoms with E-state index in [2.05, 4.69) is 14.9 Å². The summed E-state index contributed by atoms with van der Waals surface area (Å²) in [5, 5.41) is 3.92. The van der Waals surface area contributed by atoms with Gasteiger partial charge in [0.25, 0.3) is 10.0 Å². The van der Waals surface area contributed by atoms with Crippen molar-refractivity contribution in [1.82, 2.24) is 14.7 Å². The molecule has 4 aromatic rings. The van der Waals surface area contributed by atoms with Crippen LogP contribution >= 0.6 is 0 Å². The zero-order valence-corrected chi connectivity index (χ0v) is 18.0. The molecular formula is C21H20N4O6S. The molecule has 0 amide bonds. The summed E-state index contributed by atoms with van der Waals surface area (Å²) in [4.78, 5) is 16.7. The molecule has 1 saturated carbocycles. The van der Waals surface area contributed by atoms with Gasteiger partial charge < -0.3 is 13.7 Å². The fraction of sp³-hybridized carbons (Fsp3) is 0.286. The predicted octanol–water partition coefficient (Wildman–Crippen LogP) is 3.10.